The molecule has 0 heterocycles. The Labute approximate surface area is 82.9 Å². The molecule has 5 heteroatoms. The Morgan fingerprint density at radius 1 is 1.55 bits per heavy atom. The molecular formula is C6H14ClOPS2. The van der Waals surface area contributed by atoms with Crippen LogP contribution in [-0.4, -0.2) is 11.4 Å². The van der Waals surface area contributed by atoms with E-state index in [1.54, 1.807) is 11.4 Å². The average molecular weight is 233 g/mol. The number of rotatable bonds is 3. The monoisotopic (exact) mass is 232 g/mol. The van der Waals surface area contributed by atoms with Crippen LogP contribution in [0.3, 0.4) is 0 Å². The first-order chi connectivity index (χ1) is 4.77. The van der Waals surface area contributed by atoms with Gasteiger partial charge in [-0.15, -0.1) is 0 Å². The largest absolute Gasteiger partial charge is 0.331 e. The second kappa shape index (κ2) is 4.48. The van der Waals surface area contributed by atoms with Crippen LogP contribution in [0.2, 0.25) is 0 Å². The molecule has 1 unspecified atom stereocenters. The van der Waals surface area contributed by atoms with Crippen LogP contribution in [0.5, 0.6) is 0 Å². The van der Waals surface area contributed by atoms with Crippen LogP contribution < -0.4 is 0 Å². The molecule has 0 aromatic rings. The predicted octanol–water partition coefficient (Wildman–Crippen LogP) is 4.02. The van der Waals surface area contributed by atoms with E-state index in [2.05, 4.69) is 20.8 Å². The second-order valence-corrected chi connectivity index (χ2v) is 12.5. The molecular weight excluding hydrogens is 219 g/mol. The lowest BCUT2D eigenvalue weighted by molar-refractivity contribution is 0.392. The van der Waals surface area contributed by atoms with E-state index in [1.165, 1.54) is 0 Å². The molecule has 11 heavy (non-hydrogen) atoms. The molecule has 0 amide bonds. The van der Waals surface area contributed by atoms with Crippen LogP contribution >= 0.6 is 27.4 Å². The van der Waals surface area contributed by atoms with Crippen molar-refractivity contribution in [3.63, 3.8) is 0 Å². The summed E-state index contributed by atoms with van der Waals surface area (Å²) in [7, 11) is 0. The van der Waals surface area contributed by atoms with E-state index in [4.69, 9.17) is 27.6 Å². The van der Waals surface area contributed by atoms with E-state index in [-0.39, 0.29) is 4.75 Å². The Hall–Kier alpha value is 1.25. The molecule has 1 nitrogen and oxygen atoms in total. The normalized spacial score (nSPS) is 17.9. The van der Waals surface area contributed by atoms with E-state index >= 15 is 0 Å². The van der Waals surface area contributed by atoms with Crippen molar-refractivity contribution < 1.29 is 4.52 Å². The quantitative estimate of drug-likeness (QED) is 0.681. The average Bonchev–Trinajstić information content (AvgIpc) is 1.55. The number of hydrogen-bond donors (Lipinski definition) is 0. The molecule has 0 aromatic carbocycles. The van der Waals surface area contributed by atoms with Crippen LogP contribution in [0.25, 0.3) is 0 Å². The fraction of sp³-hybridized carbons (Fsp3) is 1.00. The lowest BCUT2D eigenvalue weighted by Crippen LogP contribution is -2.05. The van der Waals surface area contributed by atoms with E-state index in [9.17, 15) is 0 Å². The summed E-state index contributed by atoms with van der Waals surface area (Å²) in [6, 6.07) is 0. The van der Waals surface area contributed by atoms with Crippen molar-refractivity contribution >= 4 is 39.2 Å². The minimum Gasteiger partial charge on any atom is -0.331 e. The minimum atomic E-state index is -2.09. The molecule has 0 fully saturated rings. The van der Waals surface area contributed by atoms with Gasteiger partial charge in [0.25, 0.3) is 0 Å². The summed E-state index contributed by atoms with van der Waals surface area (Å²) in [6.07, 6.45) is 0. The molecule has 0 aliphatic carbocycles. The van der Waals surface area contributed by atoms with Crippen molar-refractivity contribution in [3.05, 3.63) is 0 Å². The van der Waals surface area contributed by atoms with E-state index in [0.717, 1.165) is 0 Å². The summed E-state index contributed by atoms with van der Waals surface area (Å²) < 4.78 is 5.35. The van der Waals surface area contributed by atoms with Crippen molar-refractivity contribution in [2.24, 2.45) is 0 Å². The standard InChI is InChI=1S/C6H14ClOPS2/c1-5-8-9(7,10)11-6(2,3)4/h5H2,1-4H3. The first kappa shape index (κ1) is 12.2. The number of halogens is 1. The maximum atomic E-state index is 5.99. The molecule has 0 rings (SSSR count). The van der Waals surface area contributed by atoms with Gasteiger partial charge in [0.1, 0.15) is 0 Å². The van der Waals surface area contributed by atoms with Crippen LogP contribution in [0.4, 0.5) is 0 Å². The van der Waals surface area contributed by atoms with Crippen molar-refractivity contribution in [2.45, 2.75) is 32.4 Å². The van der Waals surface area contributed by atoms with Gasteiger partial charge in [-0.05, 0) is 30.0 Å². The summed E-state index contributed by atoms with van der Waals surface area (Å²) in [5.41, 5.74) is 0. The zero-order chi connectivity index (χ0) is 9.12. The molecule has 0 saturated carbocycles. The van der Waals surface area contributed by atoms with Crippen LogP contribution in [0.15, 0.2) is 0 Å². The highest BCUT2D eigenvalue weighted by molar-refractivity contribution is 8.76. The highest BCUT2D eigenvalue weighted by Gasteiger charge is 2.23. The smallest absolute Gasteiger partial charge is 0.207 e. The summed E-state index contributed by atoms with van der Waals surface area (Å²) in [5, 5.41) is 0. The van der Waals surface area contributed by atoms with Crippen molar-refractivity contribution in [3.8, 4) is 0 Å². The summed E-state index contributed by atoms with van der Waals surface area (Å²) >= 11 is 12.6. The minimum absolute atomic E-state index is 0.0897. The number of hydrogen-bond acceptors (Lipinski definition) is 3. The molecule has 0 N–H and O–H groups in total. The first-order valence-electron chi connectivity index (χ1n) is 3.42. The zero-order valence-electron chi connectivity index (χ0n) is 7.26. The Bertz CT molecular complexity index is 166. The van der Waals surface area contributed by atoms with Crippen molar-refractivity contribution in [2.75, 3.05) is 6.61 Å². The van der Waals surface area contributed by atoms with Gasteiger partial charge < -0.3 is 4.52 Å². The zero-order valence-corrected chi connectivity index (χ0v) is 10.5. The Morgan fingerprint density at radius 2 is 2.00 bits per heavy atom. The van der Waals surface area contributed by atoms with Gasteiger partial charge in [0, 0.05) is 4.75 Å². The van der Waals surface area contributed by atoms with Gasteiger partial charge in [-0.3, -0.25) is 0 Å². The third-order valence-electron chi connectivity index (χ3n) is 0.666. The Kier molecular flexibility index (Phi) is 4.98. The first-order valence-corrected chi connectivity index (χ1v) is 8.46. The highest BCUT2D eigenvalue weighted by atomic mass is 35.7. The van der Waals surface area contributed by atoms with Crippen LogP contribution in [0, 0.1) is 0 Å². The van der Waals surface area contributed by atoms with Gasteiger partial charge in [-0.1, -0.05) is 32.2 Å². The molecule has 0 aliphatic rings. The molecule has 0 bridgehead atoms. The Balaban J connectivity index is 4.03. The maximum Gasteiger partial charge on any atom is 0.207 e. The molecule has 0 saturated heterocycles. The van der Waals surface area contributed by atoms with Gasteiger partial charge in [-0.25, -0.2) is 0 Å². The third-order valence-corrected chi connectivity index (χ3v) is 6.51. The second-order valence-electron chi connectivity index (χ2n) is 3.05. The lowest BCUT2D eigenvalue weighted by Gasteiger charge is -2.23. The van der Waals surface area contributed by atoms with E-state index in [1.807, 2.05) is 6.92 Å². The molecule has 0 aliphatic heterocycles. The van der Waals surface area contributed by atoms with Crippen LogP contribution in [-0.2, 0) is 16.3 Å². The van der Waals surface area contributed by atoms with Gasteiger partial charge >= 0.3 is 0 Å². The Morgan fingerprint density at radius 3 is 2.27 bits per heavy atom. The lowest BCUT2D eigenvalue weighted by atomic mass is 10.3. The predicted molar refractivity (Wildman–Crippen MR) is 59.1 cm³/mol. The van der Waals surface area contributed by atoms with Crippen molar-refractivity contribution in [1.29, 1.82) is 0 Å². The van der Waals surface area contributed by atoms with E-state index in [0.29, 0.717) is 6.61 Å². The summed E-state index contributed by atoms with van der Waals surface area (Å²) in [4.78, 5) is -2.09. The molecule has 0 aromatic heterocycles. The van der Waals surface area contributed by atoms with E-state index < -0.39 is 4.82 Å². The fourth-order valence-electron chi connectivity index (χ4n) is 0.508. The SMILES string of the molecule is CCOP(=S)(Cl)SC(C)(C)C. The molecule has 68 valence electrons. The van der Waals surface area contributed by atoms with Crippen molar-refractivity contribution in [1.82, 2.24) is 0 Å². The topological polar surface area (TPSA) is 9.23 Å². The molecule has 0 spiro atoms. The van der Waals surface area contributed by atoms with Gasteiger partial charge in [0.2, 0.25) is 4.82 Å². The van der Waals surface area contributed by atoms with Gasteiger partial charge in [-0.2, -0.15) is 0 Å². The van der Waals surface area contributed by atoms with Gasteiger partial charge in [0.05, 0.1) is 6.61 Å². The fourth-order valence-corrected chi connectivity index (χ4v) is 8.44. The molecule has 1 atom stereocenters. The summed E-state index contributed by atoms with van der Waals surface area (Å²) in [5.74, 6) is 0. The maximum absolute atomic E-state index is 5.99. The third kappa shape index (κ3) is 7.61. The van der Waals surface area contributed by atoms with Crippen LogP contribution in [0.1, 0.15) is 27.7 Å². The van der Waals surface area contributed by atoms with Gasteiger partial charge in [0.15, 0.2) is 0 Å². The molecule has 0 radical (unpaired) electrons. The highest BCUT2D eigenvalue weighted by Crippen LogP contribution is 2.68. The summed E-state index contributed by atoms with van der Waals surface area (Å²) in [6.45, 7) is 8.76.